The highest BCUT2D eigenvalue weighted by atomic mass is 16.2. The van der Waals surface area contributed by atoms with Gasteiger partial charge in [-0.1, -0.05) is 24.3 Å². The molecule has 1 aliphatic rings. The minimum atomic E-state index is -0.477. The molecule has 1 saturated heterocycles. The Balaban J connectivity index is 1.84. The predicted octanol–water partition coefficient (Wildman–Crippen LogP) is 1.95. The number of piperazine rings is 1. The lowest BCUT2D eigenvalue weighted by Crippen LogP contribution is -2.60. The number of amides is 1. The Labute approximate surface area is 118 Å². The number of pyridine rings is 1. The second-order valence-corrected chi connectivity index (χ2v) is 5.77. The van der Waals surface area contributed by atoms with Gasteiger partial charge in [0.1, 0.15) is 0 Å². The molecule has 0 atom stereocenters. The summed E-state index contributed by atoms with van der Waals surface area (Å²) in [6, 6.07) is 12.1. The van der Waals surface area contributed by atoms with Crippen molar-refractivity contribution in [3.05, 3.63) is 42.1 Å². The molecule has 4 heteroatoms. The van der Waals surface area contributed by atoms with Crippen molar-refractivity contribution in [2.75, 3.05) is 13.1 Å². The van der Waals surface area contributed by atoms with Crippen LogP contribution in [0.5, 0.6) is 0 Å². The third kappa shape index (κ3) is 2.39. The fourth-order valence-electron chi connectivity index (χ4n) is 2.62. The van der Waals surface area contributed by atoms with E-state index < -0.39 is 5.54 Å². The molecule has 0 bridgehead atoms. The third-order valence-electron chi connectivity index (χ3n) is 3.78. The molecule has 2 aromatic rings. The fraction of sp³-hybridized carbons (Fsp3) is 0.375. The number of carbonyl (C=O) groups excluding carboxylic acids is 1. The Hall–Kier alpha value is -1.94. The molecule has 2 heterocycles. The van der Waals surface area contributed by atoms with Gasteiger partial charge in [-0.25, -0.2) is 0 Å². The van der Waals surface area contributed by atoms with E-state index in [1.54, 1.807) is 0 Å². The molecule has 1 aromatic carbocycles. The zero-order chi connectivity index (χ0) is 14.2. The van der Waals surface area contributed by atoms with E-state index >= 15 is 0 Å². The molecule has 1 amide bonds. The summed E-state index contributed by atoms with van der Waals surface area (Å²) in [6.07, 6.45) is 0. The maximum atomic E-state index is 12.4. The lowest BCUT2D eigenvalue weighted by molar-refractivity contribution is -0.140. The van der Waals surface area contributed by atoms with Crippen molar-refractivity contribution in [1.82, 2.24) is 15.2 Å². The summed E-state index contributed by atoms with van der Waals surface area (Å²) in [5, 5.41) is 4.37. The van der Waals surface area contributed by atoms with Crippen molar-refractivity contribution in [3.63, 3.8) is 0 Å². The van der Waals surface area contributed by atoms with Gasteiger partial charge in [0.15, 0.2) is 0 Å². The molecule has 0 radical (unpaired) electrons. The Bertz CT molecular complexity index is 651. The minimum absolute atomic E-state index is 0.138. The molecule has 0 spiro atoms. The zero-order valence-corrected chi connectivity index (χ0v) is 11.9. The fourth-order valence-corrected chi connectivity index (χ4v) is 2.62. The van der Waals surface area contributed by atoms with E-state index in [2.05, 4.69) is 16.4 Å². The summed E-state index contributed by atoms with van der Waals surface area (Å²) in [5.41, 5.74) is 1.44. The van der Waals surface area contributed by atoms with Crippen LogP contribution in [0.3, 0.4) is 0 Å². The van der Waals surface area contributed by atoms with Gasteiger partial charge in [0.2, 0.25) is 5.91 Å². The number of hydrogen-bond acceptors (Lipinski definition) is 3. The van der Waals surface area contributed by atoms with Crippen LogP contribution in [0.2, 0.25) is 0 Å². The van der Waals surface area contributed by atoms with Gasteiger partial charge < -0.3 is 10.2 Å². The smallest absolute Gasteiger partial charge is 0.242 e. The van der Waals surface area contributed by atoms with Gasteiger partial charge in [0.25, 0.3) is 0 Å². The first kappa shape index (κ1) is 13.1. The first-order chi connectivity index (χ1) is 9.56. The summed E-state index contributed by atoms with van der Waals surface area (Å²) in [5.74, 6) is 0.138. The van der Waals surface area contributed by atoms with Crippen LogP contribution in [-0.2, 0) is 11.3 Å². The normalized spacial score (nSPS) is 18.5. The van der Waals surface area contributed by atoms with Crippen LogP contribution in [0.1, 0.15) is 19.5 Å². The maximum absolute atomic E-state index is 12.4. The Morgan fingerprint density at radius 2 is 2.05 bits per heavy atom. The molecule has 1 N–H and O–H groups in total. The molecule has 104 valence electrons. The molecule has 3 rings (SSSR count). The highest BCUT2D eigenvalue weighted by Gasteiger charge is 2.35. The Morgan fingerprint density at radius 1 is 1.25 bits per heavy atom. The molecular formula is C16H19N3O. The number of para-hydroxylation sites is 1. The molecule has 4 nitrogen and oxygen atoms in total. The number of rotatable bonds is 2. The first-order valence-corrected chi connectivity index (χ1v) is 6.95. The van der Waals surface area contributed by atoms with Gasteiger partial charge in [-0.05, 0) is 26.0 Å². The predicted molar refractivity (Wildman–Crippen MR) is 79.2 cm³/mol. The summed E-state index contributed by atoms with van der Waals surface area (Å²) >= 11 is 0. The van der Waals surface area contributed by atoms with Crippen LogP contribution in [0.25, 0.3) is 10.9 Å². The molecule has 0 aliphatic carbocycles. The molecule has 0 saturated carbocycles. The van der Waals surface area contributed by atoms with E-state index in [-0.39, 0.29) is 5.91 Å². The lowest BCUT2D eigenvalue weighted by atomic mass is 10.0. The molecule has 1 aromatic heterocycles. The quantitative estimate of drug-likeness (QED) is 0.906. The summed E-state index contributed by atoms with van der Waals surface area (Å²) in [4.78, 5) is 18.9. The summed E-state index contributed by atoms with van der Waals surface area (Å²) < 4.78 is 0. The topological polar surface area (TPSA) is 45.2 Å². The molecule has 0 unspecified atom stereocenters. The number of aromatic nitrogens is 1. The Kier molecular flexibility index (Phi) is 3.18. The van der Waals surface area contributed by atoms with Gasteiger partial charge >= 0.3 is 0 Å². The first-order valence-electron chi connectivity index (χ1n) is 6.95. The average molecular weight is 269 g/mol. The van der Waals surface area contributed by atoms with Gasteiger partial charge in [0.05, 0.1) is 23.3 Å². The minimum Gasteiger partial charge on any atom is -0.334 e. The number of hydrogen-bond donors (Lipinski definition) is 1. The summed E-state index contributed by atoms with van der Waals surface area (Å²) in [6.45, 7) is 5.99. The van der Waals surface area contributed by atoms with Crippen LogP contribution in [0.4, 0.5) is 0 Å². The largest absolute Gasteiger partial charge is 0.334 e. The number of fused-ring (bicyclic) bond motifs is 1. The van der Waals surface area contributed by atoms with E-state index in [0.29, 0.717) is 6.54 Å². The zero-order valence-electron chi connectivity index (χ0n) is 11.9. The molecule has 1 fully saturated rings. The van der Waals surface area contributed by atoms with E-state index in [0.717, 1.165) is 29.7 Å². The number of nitrogens with one attached hydrogen (secondary N) is 1. The number of benzene rings is 1. The average Bonchev–Trinajstić information content (AvgIpc) is 2.44. The highest BCUT2D eigenvalue weighted by molar-refractivity contribution is 5.86. The van der Waals surface area contributed by atoms with Crippen LogP contribution in [0, 0.1) is 0 Å². The second-order valence-electron chi connectivity index (χ2n) is 5.77. The Morgan fingerprint density at radius 3 is 2.90 bits per heavy atom. The summed E-state index contributed by atoms with van der Waals surface area (Å²) in [7, 11) is 0. The second kappa shape index (κ2) is 4.87. The van der Waals surface area contributed by atoms with Crippen LogP contribution in [0.15, 0.2) is 36.4 Å². The van der Waals surface area contributed by atoms with Crippen LogP contribution < -0.4 is 5.32 Å². The van der Waals surface area contributed by atoms with Crippen molar-refractivity contribution < 1.29 is 4.79 Å². The SMILES string of the molecule is CC1(C)NCCN(Cc2ccc3ccccc3n2)C1=O. The van der Waals surface area contributed by atoms with E-state index in [1.807, 2.05) is 49.1 Å². The van der Waals surface area contributed by atoms with Gasteiger partial charge in [-0.15, -0.1) is 0 Å². The number of nitrogens with zero attached hydrogens (tertiary/aromatic N) is 2. The van der Waals surface area contributed by atoms with Crippen LogP contribution in [-0.4, -0.2) is 34.4 Å². The maximum Gasteiger partial charge on any atom is 0.242 e. The van der Waals surface area contributed by atoms with Gasteiger partial charge in [-0.3, -0.25) is 9.78 Å². The van der Waals surface area contributed by atoms with Crippen molar-refractivity contribution >= 4 is 16.8 Å². The van der Waals surface area contributed by atoms with E-state index in [9.17, 15) is 4.79 Å². The lowest BCUT2D eigenvalue weighted by Gasteiger charge is -2.38. The third-order valence-corrected chi connectivity index (χ3v) is 3.78. The van der Waals surface area contributed by atoms with Crippen molar-refractivity contribution in [1.29, 1.82) is 0 Å². The van der Waals surface area contributed by atoms with Crippen molar-refractivity contribution in [2.45, 2.75) is 25.9 Å². The standard InChI is InChI=1S/C16H19N3O/c1-16(2)15(20)19(10-9-17-16)11-13-8-7-12-5-3-4-6-14(12)18-13/h3-8,17H,9-11H2,1-2H3. The van der Waals surface area contributed by atoms with E-state index in [1.165, 1.54) is 0 Å². The van der Waals surface area contributed by atoms with Crippen LogP contribution >= 0.6 is 0 Å². The van der Waals surface area contributed by atoms with Gasteiger partial charge in [0, 0.05) is 18.5 Å². The van der Waals surface area contributed by atoms with E-state index in [4.69, 9.17) is 0 Å². The molecule has 20 heavy (non-hydrogen) atoms. The van der Waals surface area contributed by atoms with Crippen molar-refractivity contribution in [2.24, 2.45) is 0 Å². The monoisotopic (exact) mass is 269 g/mol. The molecule has 1 aliphatic heterocycles. The molecular weight excluding hydrogens is 250 g/mol. The van der Waals surface area contributed by atoms with Crippen molar-refractivity contribution in [3.8, 4) is 0 Å². The van der Waals surface area contributed by atoms with Gasteiger partial charge in [-0.2, -0.15) is 0 Å². The number of carbonyl (C=O) groups is 1. The highest BCUT2D eigenvalue weighted by Crippen LogP contribution is 2.17.